The number of carbonyl (C=O) groups excluding carboxylic acids is 1. The Hall–Kier alpha value is -0.830. The standard InChI is InChI=1S/C7H10O3/c1-5-4-6(8)10-7(5,2)9-3/h4H,1-3H3. The molecule has 1 aliphatic heterocycles. The predicted octanol–water partition coefficient (Wildman–Crippen LogP) is 0.852. The first kappa shape index (κ1) is 7.28. The van der Waals surface area contributed by atoms with Crippen molar-refractivity contribution in [3.63, 3.8) is 0 Å². The Morgan fingerprint density at radius 2 is 2.30 bits per heavy atom. The SMILES string of the molecule is COC1(C)OC(=O)C=C1C. The van der Waals surface area contributed by atoms with Gasteiger partial charge < -0.3 is 9.47 Å². The fourth-order valence-electron chi connectivity index (χ4n) is 0.812. The van der Waals surface area contributed by atoms with Crippen LogP contribution in [0, 0.1) is 0 Å². The number of hydrogen-bond donors (Lipinski definition) is 0. The lowest BCUT2D eigenvalue weighted by molar-refractivity contribution is -0.184. The smallest absolute Gasteiger partial charge is 0.333 e. The van der Waals surface area contributed by atoms with Gasteiger partial charge >= 0.3 is 5.97 Å². The summed E-state index contributed by atoms with van der Waals surface area (Å²) >= 11 is 0. The van der Waals surface area contributed by atoms with Gasteiger partial charge in [0.05, 0.1) is 0 Å². The number of carbonyl (C=O) groups is 1. The number of hydrogen-bond acceptors (Lipinski definition) is 3. The van der Waals surface area contributed by atoms with Gasteiger partial charge in [-0.15, -0.1) is 0 Å². The lowest BCUT2D eigenvalue weighted by atomic mass is 10.1. The average Bonchev–Trinajstić information content (AvgIpc) is 2.09. The fraction of sp³-hybridized carbons (Fsp3) is 0.571. The first-order valence-electron chi connectivity index (χ1n) is 3.05. The van der Waals surface area contributed by atoms with Crippen LogP contribution >= 0.6 is 0 Å². The van der Waals surface area contributed by atoms with E-state index in [2.05, 4.69) is 0 Å². The molecule has 0 aromatic rings. The predicted molar refractivity (Wildman–Crippen MR) is 35.3 cm³/mol. The maximum Gasteiger partial charge on any atom is 0.333 e. The molecule has 0 spiro atoms. The van der Waals surface area contributed by atoms with Crippen molar-refractivity contribution in [1.29, 1.82) is 0 Å². The van der Waals surface area contributed by atoms with Crippen LogP contribution in [0.5, 0.6) is 0 Å². The molecule has 3 heteroatoms. The average molecular weight is 142 g/mol. The zero-order chi connectivity index (χ0) is 7.78. The zero-order valence-electron chi connectivity index (χ0n) is 6.30. The first-order valence-corrected chi connectivity index (χ1v) is 3.05. The third-order valence-corrected chi connectivity index (χ3v) is 1.74. The monoisotopic (exact) mass is 142 g/mol. The summed E-state index contributed by atoms with van der Waals surface area (Å²) in [4.78, 5) is 10.6. The van der Waals surface area contributed by atoms with Crippen LogP contribution in [0.15, 0.2) is 11.6 Å². The van der Waals surface area contributed by atoms with E-state index >= 15 is 0 Å². The van der Waals surface area contributed by atoms with E-state index in [1.165, 1.54) is 13.2 Å². The summed E-state index contributed by atoms with van der Waals surface area (Å²) in [7, 11) is 1.51. The maximum absolute atomic E-state index is 10.6. The van der Waals surface area contributed by atoms with Gasteiger partial charge in [-0.05, 0) is 6.92 Å². The molecule has 56 valence electrons. The van der Waals surface area contributed by atoms with Crippen LogP contribution in [0.1, 0.15) is 13.8 Å². The fourth-order valence-corrected chi connectivity index (χ4v) is 0.812. The van der Waals surface area contributed by atoms with Crippen LogP contribution in [0.4, 0.5) is 0 Å². The molecule has 0 aromatic heterocycles. The molecule has 0 saturated heterocycles. The normalized spacial score (nSPS) is 31.9. The Kier molecular flexibility index (Phi) is 1.52. The molecular formula is C7H10O3. The first-order chi connectivity index (χ1) is 4.58. The molecule has 10 heavy (non-hydrogen) atoms. The second-order valence-corrected chi connectivity index (χ2v) is 2.40. The second-order valence-electron chi connectivity index (χ2n) is 2.40. The van der Waals surface area contributed by atoms with Gasteiger partial charge in [0, 0.05) is 25.7 Å². The van der Waals surface area contributed by atoms with Crippen molar-refractivity contribution < 1.29 is 14.3 Å². The molecule has 1 aliphatic rings. The molecule has 0 bridgehead atoms. The van der Waals surface area contributed by atoms with Gasteiger partial charge in [-0.2, -0.15) is 0 Å². The molecule has 0 N–H and O–H groups in total. The molecule has 1 atom stereocenters. The topological polar surface area (TPSA) is 35.5 Å². The van der Waals surface area contributed by atoms with Crippen LogP contribution in [-0.4, -0.2) is 18.9 Å². The quantitative estimate of drug-likeness (QED) is 0.509. The van der Waals surface area contributed by atoms with Gasteiger partial charge in [-0.1, -0.05) is 0 Å². The van der Waals surface area contributed by atoms with Crippen molar-refractivity contribution >= 4 is 5.97 Å². The Morgan fingerprint density at radius 1 is 1.70 bits per heavy atom. The van der Waals surface area contributed by atoms with Gasteiger partial charge in [0.2, 0.25) is 5.79 Å². The molecule has 0 fully saturated rings. The van der Waals surface area contributed by atoms with Crippen molar-refractivity contribution in [2.24, 2.45) is 0 Å². The molecule has 0 radical (unpaired) electrons. The van der Waals surface area contributed by atoms with E-state index in [-0.39, 0.29) is 5.97 Å². The van der Waals surface area contributed by atoms with E-state index in [9.17, 15) is 4.79 Å². The lowest BCUT2D eigenvalue weighted by Crippen LogP contribution is -2.29. The van der Waals surface area contributed by atoms with Gasteiger partial charge in [0.15, 0.2) is 0 Å². The molecule has 0 amide bonds. The Bertz CT molecular complexity index is 195. The van der Waals surface area contributed by atoms with Crippen LogP contribution in [-0.2, 0) is 14.3 Å². The minimum Gasteiger partial charge on any atom is -0.426 e. The van der Waals surface area contributed by atoms with E-state index < -0.39 is 5.79 Å². The van der Waals surface area contributed by atoms with E-state index in [4.69, 9.17) is 9.47 Å². The molecular weight excluding hydrogens is 132 g/mol. The van der Waals surface area contributed by atoms with E-state index in [0.717, 1.165) is 5.57 Å². The molecule has 1 rings (SSSR count). The summed E-state index contributed by atoms with van der Waals surface area (Å²) in [5, 5.41) is 0. The summed E-state index contributed by atoms with van der Waals surface area (Å²) < 4.78 is 9.83. The van der Waals surface area contributed by atoms with E-state index in [1.54, 1.807) is 13.8 Å². The highest BCUT2D eigenvalue weighted by molar-refractivity contribution is 5.86. The van der Waals surface area contributed by atoms with Crippen LogP contribution in [0.25, 0.3) is 0 Å². The number of ether oxygens (including phenoxy) is 2. The molecule has 0 aromatic carbocycles. The molecule has 3 nitrogen and oxygen atoms in total. The summed E-state index contributed by atoms with van der Waals surface area (Å²) in [5.41, 5.74) is 0.806. The molecule has 0 aliphatic carbocycles. The highest BCUT2D eigenvalue weighted by Gasteiger charge is 2.35. The van der Waals surface area contributed by atoms with Gasteiger partial charge in [0.1, 0.15) is 0 Å². The van der Waals surface area contributed by atoms with Gasteiger partial charge in [0.25, 0.3) is 0 Å². The van der Waals surface area contributed by atoms with Crippen molar-refractivity contribution in [1.82, 2.24) is 0 Å². The van der Waals surface area contributed by atoms with Crippen LogP contribution < -0.4 is 0 Å². The molecule has 1 unspecified atom stereocenters. The Balaban J connectivity index is 2.86. The third-order valence-electron chi connectivity index (χ3n) is 1.74. The number of esters is 1. The lowest BCUT2D eigenvalue weighted by Gasteiger charge is -2.22. The van der Waals surface area contributed by atoms with Crippen LogP contribution in [0.2, 0.25) is 0 Å². The highest BCUT2D eigenvalue weighted by Crippen LogP contribution is 2.27. The summed E-state index contributed by atoms with van der Waals surface area (Å²) in [6.45, 7) is 3.51. The Morgan fingerprint density at radius 3 is 2.50 bits per heavy atom. The summed E-state index contributed by atoms with van der Waals surface area (Å²) in [6.07, 6.45) is 1.43. The summed E-state index contributed by atoms with van der Waals surface area (Å²) in [5.74, 6) is -1.15. The zero-order valence-corrected chi connectivity index (χ0v) is 6.30. The minimum atomic E-state index is -0.822. The molecule has 1 heterocycles. The van der Waals surface area contributed by atoms with Gasteiger partial charge in [-0.25, -0.2) is 4.79 Å². The van der Waals surface area contributed by atoms with E-state index in [1.807, 2.05) is 0 Å². The number of rotatable bonds is 1. The third kappa shape index (κ3) is 0.926. The number of cyclic esters (lactones) is 1. The summed E-state index contributed by atoms with van der Waals surface area (Å²) in [6, 6.07) is 0. The minimum absolute atomic E-state index is 0.332. The molecule has 0 saturated carbocycles. The highest BCUT2D eigenvalue weighted by atomic mass is 16.7. The number of methoxy groups -OCH3 is 1. The van der Waals surface area contributed by atoms with Crippen molar-refractivity contribution in [2.45, 2.75) is 19.6 Å². The van der Waals surface area contributed by atoms with Gasteiger partial charge in [-0.3, -0.25) is 0 Å². The van der Waals surface area contributed by atoms with Crippen molar-refractivity contribution in [3.05, 3.63) is 11.6 Å². The Labute approximate surface area is 59.6 Å². The largest absolute Gasteiger partial charge is 0.426 e. The van der Waals surface area contributed by atoms with Crippen molar-refractivity contribution in [3.8, 4) is 0 Å². The maximum atomic E-state index is 10.6. The van der Waals surface area contributed by atoms with Crippen molar-refractivity contribution in [2.75, 3.05) is 7.11 Å². The van der Waals surface area contributed by atoms with E-state index in [0.29, 0.717) is 0 Å². The van der Waals surface area contributed by atoms with Crippen LogP contribution in [0.3, 0.4) is 0 Å². The second kappa shape index (κ2) is 2.09.